The number of hydrogen-bond acceptors (Lipinski definition) is 7. The summed E-state index contributed by atoms with van der Waals surface area (Å²) in [6, 6.07) is 6.13. The molecule has 2 aliphatic rings. The van der Waals surface area contributed by atoms with E-state index in [2.05, 4.69) is 15.5 Å². The van der Waals surface area contributed by atoms with Crippen LogP contribution in [0.15, 0.2) is 35.5 Å². The van der Waals surface area contributed by atoms with E-state index in [-0.39, 0.29) is 18.5 Å². The van der Waals surface area contributed by atoms with Gasteiger partial charge in [0.1, 0.15) is 5.75 Å². The van der Waals surface area contributed by atoms with Gasteiger partial charge in [-0.25, -0.2) is 9.59 Å². The zero-order valence-corrected chi connectivity index (χ0v) is 18.8. The molecule has 9 heteroatoms. The number of ether oxygens (including phenoxy) is 3. The number of amides is 2. The number of likely N-dealkylation sites (tertiary alicyclic amines) is 1. The number of carbonyl (C=O) groups excluding carboxylic acids is 3. The number of urea groups is 1. The number of hydrogen-bond donors (Lipinski definition) is 2. The van der Waals surface area contributed by atoms with E-state index in [1.165, 1.54) is 0 Å². The summed E-state index contributed by atoms with van der Waals surface area (Å²) in [6.45, 7) is 5.66. The molecule has 0 unspecified atom stereocenters. The van der Waals surface area contributed by atoms with Gasteiger partial charge in [-0.15, -0.1) is 0 Å². The second-order valence-corrected chi connectivity index (χ2v) is 7.75. The number of nitrogens with one attached hydrogen (secondary N) is 2. The number of nitrogens with zero attached hydrogens (tertiary/aromatic N) is 1. The third-order valence-electron chi connectivity index (χ3n) is 5.58. The van der Waals surface area contributed by atoms with Crippen LogP contribution in [0.4, 0.5) is 4.79 Å². The summed E-state index contributed by atoms with van der Waals surface area (Å²) in [5.41, 5.74) is 1.53. The Bertz CT molecular complexity index is 884. The topological polar surface area (TPSA) is 106 Å². The molecule has 9 nitrogen and oxygen atoms in total. The van der Waals surface area contributed by atoms with E-state index in [0.29, 0.717) is 42.3 Å². The molecule has 0 spiro atoms. The zero-order chi connectivity index (χ0) is 23.1. The van der Waals surface area contributed by atoms with Gasteiger partial charge in [-0.1, -0.05) is 12.1 Å². The standard InChI is InChI=1S/C23H31N3O6/c1-4-31-21(27)16-9-7-11-26(13-16)14-18-19(22(28)32-5-2)20(25-23(29)24-18)15-8-6-10-17(12-15)30-3/h6,8,10,12,16,20H,4-5,7,9,11,13-14H2,1-3H3,(H2,24,25,29)/t16-,20+/m0/s1. The smallest absolute Gasteiger partial charge is 0.338 e. The van der Waals surface area contributed by atoms with Crippen LogP contribution >= 0.6 is 0 Å². The van der Waals surface area contributed by atoms with Crippen molar-refractivity contribution < 1.29 is 28.6 Å². The highest BCUT2D eigenvalue weighted by molar-refractivity contribution is 5.95. The van der Waals surface area contributed by atoms with Crippen molar-refractivity contribution in [3.8, 4) is 5.75 Å². The summed E-state index contributed by atoms with van der Waals surface area (Å²) in [5, 5.41) is 5.62. The van der Waals surface area contributed by atoms with E-state index in [4.69, 9.17) is 14.2 Å². The molecule has 2 N–H and O–H groups in total. The van der Waals surface area contributed by atoms with Gasteiger partial charge in [-0.05, 0) is 50.9 Å². The van der Waals surface area contributed by atoms with Crippen LogP contribution in [-0.2, 0) is 19.1 Å². The first-order valence-corrected chi connectivity index (χ1v) is 11.0. The lowest BCUT2D eigenvalue weighted by Crippen LogP contribution is -2.50. The molecule has 0 saturated carbocycles. The highest BCUT2D eigenvalue weighted by Crippen LogP contribution is 2.30. The van der Waals surface area contributed by atoms with Gasteiger partial charge in [0.25, 0.3) is 0 Å². The minimum atomic E-state index is -0.682. The Kier molecular flexibility index (Phi) is 8.10. The fourth-order valence-corrected chi connectivity index (χ4v) is 4.14. The number of methoxy groups -OCH3 is 1. The Balaban J connectivity index is 1.92. The summed E-state index contributed by atoms with van der Waals surface area (Å²) in [5.74, 6) is -0.308. The number of esters is 2. The van der Waals surface area contributed by atoms with Crippen LogP contribution in [0.3, 0.4) is 0 Å². The average Bonchev–Trinajstić information content (AvgIpc) is 2.79. The third-order valence-corrected chi connectivity index (χ3v) is 5.58. The van der Waals surface area contributed by atoms with Crippen molar-refractivity contribution >= 4 is 18.0 Å². The van der Waals surface area contributed by atoms with Gasteiger partial charge in [-0.3, -0.25) is 9.69 Å². The molecule has 2 amide bonds. The maximum absolute atomic E-state index is 13.0. The summed E-state index contributed by atoms with van der Waals surface area (Å²) >= 11 is 0. The Hall–Kier alpha value is -3.07. The van der Waals surface area contributed by atoms with E-state index in [1.54, 1.807) is 39.2 Å². The van der Waals surface area contributed by atoms with Crippen LogP contribution in [0.2, 0.25) is 0 Å². The lowest BCUT2D eigenvalue weighted by Gasteiger charge is -2.35. The molecule has 32 heavy (non-hydrogen) atoms. The minimum Gasteiger partial charge on any atom is -0.497 e. The first-order valence-electron chi connectivity index (χ1n) is 11.0. The number of rotatable bonds is 8. The summed E-state index contributed by atoms with van der Waals surface area (Å²) in [4.78, 5) is 39.7. The maximum atomic E-state index is 13.0. The Morgan fingerprint density at radius 2 is 1.97 bits per heavy atom. The molecule has 3 rings (SSSR count). The fraction of sp³-hybridized carbons (Fsp3) is 0.522. The van der Waals surface area contributed by atoms with Crippen molar-refractivity contribution in [3.05, 3.63) is 41.1 Å². The van der Waals surface area contributed by atoms with Crippen molar-refractivity contribution in [2.45, 2.75) is 32.7 Å². The highest BCUT2D eigenvalue weighted by atomic mass is 16.5. The van der Waals surface area contributed by atoms with Crippen molar-refractivity contribution in [3.63, 3.8) is 0 Å². The van der Waals surface area contributed by atoms with Gasteiger partial charge in [0, 0.05) is 18.8 Å². The predicted molar refractivity (Wildman–Crippen MR) is 117 cm³/mol. The molecule has 2 atom stereocenters. The lowest BCUT2D eigenvalue weighted by molar-refractivity contribution is -0.150. The predicted octanol–water partition coefficient (Wildman–Crippen LogP) is 2.14. The van der Waals surface area contributed by atoms with E-state index < -0.39 is 18.0 Å². The van der Waals surface area contributed by atoms with Gasteiger partial charge in [0.15, 0.2) is 0 Å². The second-order valence-electron chi connectivity index (χ2n) is 7.75. The molecule has 0 aromatic heterocycles. The Morgan fingerprint density at radius 3 is 2.69 bits per heavy atom. The number of carbonyl (C=O) groups is 3. The van der Waals surface area contributed by atoms with Crippen molar-refractivity contribution in [2.24, 2.45) is 5.92 Å². The first-order chi connectivity index (χ1) is 15.5. The number of piperidine rings is 1. The van der Waals surface area contributed by atoms with E-state index in [9.17, 15) is 14.4 Å². The monoisotopic (exact) mass is 445 g/mol. The van der Waals surface area contributed by atoms with Crippen molar-refractivity contribution in [1.29, 1.82) is 0 Å². The molecule has 174 valence electrons. The van der Waals surface area contributed by atoms with Gasteiger partial charge in [0.2, 0.25) is 0 Å². The average molecular weight is 446 g/mol. The van der Waals surface area contributed by atoms with Gasteiger partial charge in [0.05, 0.1) is 37.9 Å². The Morgan fingerprint density at radius 1 is 1.19 bits per heavy atom. The van der Waals surface area contributed by atoms with Crippen LogP contribution in [-0.4, -0.2) is 62.8 Å². The SMILES string of the molecule is CCOC(=O)C1=C(CN2CCC[C@H](C(=O)OCC)C2)NC(=O)N[C@@H]1c1cccc(OC)c1. The normalized spacial score (nSPS) is 21.4. The van der Waals surface area contributed by atoms with Gasteiger partial charge in [-0.2, -0.15) is 0 Å². The first kappa shape index (κ1) is 23.6. The molecule has 1 saturated heterocycles. The molecule has 0 bridgehead atoms. The van der Waals surface area contributed by atoms with Crippen molar-refractivity contribution in [1.82, 2.24) is 15.5 Å². The van der Waals surface area contributed by atoms with Gasteiger partial charge >= 0.3 is 18.0 Å². The van der Waals surface area contributed by atoms with Crippen LogP contribution < -0.4 is 15.4 Å². The summed E-state index contributed by atoms with van der Waals surface area (Å²) < 4.78 is 15.8. The molecule has 1 fully saturated rings. The van der Waals surface area contributed by atoms with Crippen LogP contribution in [0.5, 0.6) is 5.75 Å². The second kappa shape index (κ2) is 11.0. The van der Waals surface area contributed by atoms with Crippen LogP contribution in [0.25, 0.3) is 0 Å². The zero-order valence-electron chi connectivity index (χ0n) is 18.8. The molecule has 1 aromatic carbocycles. The molecule has 0 aliphatic carbocycles. The molecular weight excluding hydrogens is 414 g/mol. The highest BCUT2D eigenvalue weighted by Gasteiger charge is 2.35. The van der Waals surface area contributed by atoms with E-state index in [0.717, 1.165) is 19.4 Å². The van der Waals surface area contributed by atoms with E-state index >= 15 is 0 Å². The number of benzene rings is 1. The summed E-state index contributed by atoms with van der Waals surface area (Å²) in [6.07, 6.45) is 1.59. The molecule has 2 heterocycles. The largest absolute Gasteiger partial charge is 0.497 e. The van der Waals surface area contributed by atoms with Crippen LogP contribution in [0.1, 0.15) is 38.3 Å². The van der Waals surface area contributed by atoms with Gasteiger partial charge < -0.3 is 24.8 Å². The lowest BCUT2D eigenvalue weighted by atomic mass is 9.93. The van der Waals surface area contributed by atoms with E-state index in [1.807, 2.05) is 6.07 Å². The third kappa shape index (κ3) is 5.59. The Labute approximate surface area is 188 Å². The van der Waals surface area contributed by atoms with Crippen LogP contribution in [0, 0.1) is 5.92 Å². The minimum absolute atomic E-state index is 0.208. The molecule has 1 aromatic rings. The molecule has 0 radical (unpaired) electrons. The maximum Gasteiger partial charge on any atom is 0.338 e. The quantitative estimate of drug-likeness (QED) is 0.591. The summed E-state index contributed by atoms with van der Waals surface area (Å²) in [7, 11) is 1.56. The van der Waals surface area contributed by atoms with Crippen molar-refractivity contribution in [2.75, 3.05) is 40.0 Å². The fourth-order valence-electron chi connectivity index (χ4n) is 4.14. The molecular formula is C23H31N3O6. The molecule has 2 aliphatic heterocycles.